The summed E-state index contributed by atoms with van der Waals surface area (Å²) in [7, 11) is 0. The summed E-state index contributed by atoms with van der Waals surface area (Å²) in [6, 6.07) is 7.45. The molecule has 402 valence electrons. The fraction of sp³-hybridized carbons (Fsp3) is 0.648. The van der Waals surface area contributed by atoms with Crippen LogP contribution in [0.2, 0.25) is 10.0 Å². The van der Waals surface area contributed by atoms with E-state index in [9.17, 15) is 24.0 Å². The van der Waals surface area contributed by atoms with Gasteiger partial charge in [0.1, 0.15) is 16.9 Å². The Morgan fingerprint density at radius 3 is 1.65 bits per heavy atom. The van der Waals surface area contributed by atoms with Gasteiger partial charge in [0.05, 0.1) is 53.0 Å². The van der Waals surface area contributed by atoms with Gasteiger partial charge in [-0.2, -0.15) is 0 Å². The van der Waals surface area contributed by atoms with Crippen LogP contribution in [0.15, 0.2) is 47.6 Å². The van der Waals surface area contributed by atoms with Gasteiger partial charge in [0.15, 0.2) is 6.61 Å². The van der Waals surface area contributed by atoms with Gasteiger partial charge in [-0.25, -0.2) is 24.0 Å². The van der Waals surface area contributed by atoms with Crippen LogP contribution < -0.4 is 10.6 Å². The van der Waals surface area contributed by atoms with Gasteiger partial charge in [0.25, 0.3) is 11.8 Å². The molecular weight excluding hydrogens is 982 g/mol. The third-order valence-electron chi connectivity index (χ3n) is 11.9. The van der Waals surface area contributed by atoms with E-state index in [0.717, 1.165) is 80.7 Å². The first kappa shape index (κ1) is 62.1. The van der Waals surface area contributed by atoms with E-state index in [1.165, 1.54) is 115 Å². The number of unbranched alkanes of at least 4 members (excludes halogenated alkanes) is 21. The maximum Gasteiger partial charge on any atom is 0.344 e. The van der Waals surface area contributed by atoms with Crippen molar-refractivity contribution < 1.29 is 48.0 Å². The Hall–Kier alpha value is -4.22. The highest BCUT2D eigenvalue weighted by Gasteiger charge is 2.34. The summed E-state index contributed by atoms with van der Waals surface area (Å²) in [4.78, 5) is 78.2. The van der Waals surface area contributed by atoms with Crippen molar-refractivity contribution in [1.29, 1.82) is 0 Å². The molecule has 1 heterocycles. The molecule has 0 spiro atoms. The number of benzene rings is 2. The summed E-state index contributed by atoms with van der Waals surface area (Å²) in [6.07, 6.45) is 28.5. The number of thioether (sulfide) groups is 1. The van der Waals surface area contributed by atoms with Crippen LogP contribution in [-0.4, -0.2) is 76.4 Å². The monoisotopic (exact) mass is 1060 g/mol. The summed E-state index contributed by atoms with van der Waals surface area (Å²) >= 11 is 14.1. The van der Waals surface area contributed by atoms with Gasteiger partial charge in [-0.1, -0.05) is 202 Å². The number of hydrogen-bond acceptors (Lipinski definition) is 13. The molecular formula is C54H81Cl2N5O10S. The standard InChI is InChI=1S/C54H81Cl2N5O10S/c1-5-8-11-14-16-18-20-22-24-27-34-68-54(66)43-30-32-45(56)47(37-43)59-52(64)50(61-48(38-57-60-61)72-41(4)53(65)69-40-49(62)67-33-26-13-10-7-3)51(63)58-46-36-42(29-31-44(46)55)39-71-70-35-28-25-23-21-19-17-15-12-9-6-2/h29-32,36-38,41,50H,5-28,33-35,39-40H2,1-4H3,(H,58,63)(H,59,64). The average Bonchev–Trinajstić information content (AvgIpc) is 3.82. The second kappa shape index (κ2) is 38.4. The van der Waals surface area contributed by atoms with Crippen LogP contribution in [0.4, 0.5) is 11.4 Å². The number of carbonyl (C=O) groups is 5. The number of anilines is 2. The first-order valence-electron chi connectivity index (χ1n) is 26.5. The first-order chi connectivity index (χ1) is 35.0. The third-order valence-corrected chi connectivity index (χ3v) is 13.6. The van der Waals surface area contributed by atoms with Gasteiger partial charge in [0.2, 0.25) is 6.04 Å². The predicted molar refractivity (Wildman–Crippen MR) is 285 cm³/mol. The Bertz CT molecular complexity index is 2040. The lowest BCUT2D eigenvalue weighted by Gasteiger charge is -2.20. The number of nitrogens with zero attached hydrogens (tertiary/aromatic N) is 3. The molecule has 2 N–H and O–H groups in total. The molecule has 0 saturated heterocycles. The molecule has 15 nitrogen and oxygen atoms in total. The van der Waals surface area contributed by atoms with Crippen molar-refractivity contribution in [2.75, 3.05) is 37.1 Å². The number of rotatable bonds is 41. The second-order valence-corrected chi connectivity index (χ2v) is 20.3. The molecule has 2 aromatic carbocycles. The molecule has 72 heavy (non-hydrogen) atoms. The van der Waals surface area contributed by atoms with Crippen molar-refractivity contribution in [3.05, 3.63) is 63.8 Å². The van der Waals surface area contributed by atoms with E-state index in [1.807, 2.05) is 0 Å². The number of aromatic nitrogens is 3. The molecule has 2 unspecified atom stereocenters. The molecule has 0 aliphatic carbocycles. The largest absolute Gasteiger partial charge is 0.463 e. The summed E-state index contributed by atoms with van der Waals surface area (Å²) in [5.41, 5.74) is 0.980. The third kappa shape index (κ3) is 25.6. The Balaban J connectivity index is 1.70. The molecule has 1 aromatic heterocycles. The summed E-state index contributed by atoms with van der Waals surface area (Å²) in [5.74, 6) is -3.80. The van der Waals surface area contributed by atoms with Crippen molar-refractivity contribution in [3.8, 4) is 0 Å². The van der Waals surface area contributed by atoms with Crippen LogP contribution in [-0.2, 0) is 49.8 Å². The zero-order valence-electron chi connectivity index (χ0n) is 43.3. The Morgan fingerprint density at radius 1 is 0.597 bits per heavy atom. The molecule has 0 saturated carbocycles. The highest BCUT2D eigenvalue weighted by molar-refractivity contribution is 8.00. The molecule has 2 atom stereocenters. The maximum atomic E-state index is 14.4. The minimum absolute atomic E-state index is 0.0337. The van der Waals surface area contributed by atoms with Crippen molar-refractivity contribution in [2.45, 2.75) is 205 Å². The molecule has 3 aromatic rings. The summed E-state index contributed by atoms with van der Waals surface area (Å²) in [6.45, 7) is 8.45. The van der Waals surface area contributed by atoms with E-state index < -0.39 is 47.6 Å². The highest BCUT2D eigenvalue weighted by Crippen LogP contribution is 2.31. The normalized spacial score (nSPS) is 12.0. The molecule has 0 radical (unpaired) electrons. The van der Waals surface area contributed by atoms with Gasteiger partial charge in [0, 0.05) is 0 Å². The maximum absolute atomic E-state index is 14.4. The number of amides is 2. The first-order valence-corrected chi connectivity index (χ1v) is 28.1. The SMILES string of the molecule is CCCCCCCCCCCCOOCc1ccc(Cl)c(NC(=O)C(C(=O)Nc2cc(C(=O)OCCCCCCCCCCCC)ccc2Cl)n2nncc2SC(C)C(=O)OCC(=O)OCCCCCC)c1. The number of ether oxygens (including phenoxy) is 3. The average molecular weight is 1060 g/mol. The molecule has 3 rings (SSSR count). The lowest BCUT2D eigenvalue weighted by Crippen LogP contribution is -2.37. The van der Waals surface area contributed by atoms with Gasteiger partial charge in [-0.3, -0.25) is 14.4 Å². The number of carbonyl (C=O) groups excluding carboxylic acids is 5. The van der Waals surface area contributed by atoms with Crippen molar-refractivity contribution in [1.82, 2.24) is 15.0 Å². The summed E-state index contributed by atoms with van der Waals surface area (Å²) < 4.78 is 17.0. The van der Waals surface area contributed by atoms with Crippen LogP contribution in [0.3, 0.4) is 0 Å². The zero-order valence-corrected chi connectivity index (χ0v) is 45.6. The van der Waals surface area contributed by atoms with Crippen molar-refractivity contribution in [2.24, 2.45) is 0 Å². The lowest BCUT2D eigenvalue weighted by atomic mass is 10.1. The number of nitrogens with one attached hydrogen (secondary N) is 2. The number of halogens is 2. The van der Waals surface area contributed by atoms with Crippen LogP contribution in [0.25, 0.3) is 0 Å². The number of hydrogen-bond donors (Lipinski definition) is 2. The van der Waals surface area contributed by atoms with Crippen LogP contribution in [0.5, 0.6) is 0 Å². The smallest absolute Gasteiger partial charge is 0.344 e. The van der Waals surface area contributed by atoms with E-state index in [-0.39, 0.29) is 51.8 Å². The molecule has 2 amide bonds. The molecule has 0 aliphatic heterocycles. The molecule has 0 bridgehead atoms. The van der Waals surface area contributed by atoms with E-state index in [1.54, 1.807) is 18.2 Å². The summed E-state index contributed by atoms with van der Waals surface area (Å²) in [5, 5.41) is 12.9. The molecule has 0 fully saturated rings. The lowest BCUT2D eigenvalue weighted by molar-refractivity contribution is -0.304. The van der Waals surface area contributed by atoms with Gasteiger partial charge in [-0.05, 0) is 62.1 Å². The minimum atomic E-state index is -1.77. The molecule has 18 heteroatoms. The van der Waals surface area contributed by atoms with Gasteiger partial charge >= 0.3 is 17.9 Å². The highest BCUT2D eigenvalue weighted by atomic mass is 35.5. The van der Waals surface area contributed by atoms with Crippen LogP contribution in [0.1, 0.15) is 204 Å². The Kier molecular flexibility index (Phi) is 33.1. The van der Waals surface area contributed by atoms with E-state index >= 15 is 0 Å². The predicted octanol–water partition coefficient (Wildman–Crippen LogP) is 14.0. The van der Waals surface area contributed by atoms with Crippen LogP contribution >= 0.6 is 35.0 Å². The Morgan fingerprint density at radius 2 is 1.08 bits per heavy atom. The minimum Gasteiger partial charge on any atom is -0.463 e. The second-order valence-electron chi connectivity index (χ2n) is 18.1. The van der Waals surface area contributed by atoms with Crippen molar-refractivity contribution >= 4 is 76.1 Å². The Labute approximate surface area is 442 Å². The van der Waals surface area contributed by atoms with E-state index in [4.69, 9.17) is 47.2 Å². The molecule has 0 aliphatic rings. The topological polar surface area (TPSA) is 186 Å². The van der Waals surface area contributed by atoms with E-state index in [2.05, 4.69) is 41.7 Å². The fourth-order valence-electron chi connectivity index (χ4n) is 7.63. The van der Waals surface area contributed by atoms with E-state index in [0.29, 0.717) is 18.6 Å². The number of esters is 3. The van der Waals surface area contributed by atoms with Gasteiger partial charge < -0.3 is 24.8 Å². The van der Waals surface area contributed by atoms with Crippen molar-refractivity contribution in [3.63, 3.8) is 0 Å². The quantitative estimate of drug-likeness (QED) is 0.0104. The zero-order chi connectivity index (χ0) is 52.2. The van der Waals surface area contributed by atoms with Gasteiger partial charge in [-0.15, -0.1) is 5.10 Å². The van der Waals surface area contributed by atoms with Crippen LogP contribution in [0, 0.1) is 0 Å². The fourth-order valence-corrected chi connectivity index (χ4v) is 8.85.